The Bertz CT molecular complexity index is 794. The van der Waals surface area contributed by atoms with E-state index in [0.29, 0.717) is 18.6 Å². The summed E-state index contributed by atoms with van der Waals surface area (Å²) in [6, 6.07) is 17.5. The molecule has 0 N–H and O–H groups in total. The molecule has 2 aliphatic rings. The quantitative estimate of drug-likeness (QED) is 0.765. The first-order valence-corrected chi connectivity index (χ1v) is 9.01. The van der Waals surface area contributed by atoms with Crippen molar-refractivity contribution in [1.82, 2.24) is 5.01 Å². The van der Waals surface area contributed by atoms with Crippen LogP contribution >= 0.6 is 0 Å². The Balaban J connectivity index is 1.64. The van der Waals surface area contributed by atoms with Crippen LogP contribution in [0, 0.1) is 5.92 Å². The van der Waals surface area contributed by atoms with Gasteiger partial charge in [-0.15, -0.1) is 0 Å². The summed E-state index contributed by atoms with van der Waals surface area (Å²) in [6.07, 6.45) is 5.31. The molecule has 1 aliphatic heterocycles. The fourth-order valence-corrected chi connectivity index (χ4v) is 4.13. The zero-order valence-corrected chi connectivity index (χ0v) is 14.7. The van der Waals surface area contributed by atoms with Gasteiger partial charge in [0.25, 0.3) is 0 Å². The number of fused-ring (bicyclic) bond motifs is 3. The van der Waals surface area contributed by atoms with Crippen LogP contribution in [0.25, 0.3) is 0 Å². The van der Waals surface area contributed by atoms with Gasteiger partial charge < -0.3 is 4.74 Å². The predicted molar refractivity (Wildman–Crippen MR) is 102 cm³/mol. The van der Waals surface area contributed by atoms with Crippen molar-refractivity contribution in [3.63, 3.8) is 0 Å². The highest BCUT2D eigenvalue weighted by molar-refractivity contribution is 6.05. The molecule has 0 radical (unpaired) electrons. The van der Waals surface area contributed by atoms with Crippen molar-refractivity contribution < 1.29 is 4.74 Å². The maximum absolute atomic E-state index is 5.61. The zero-order valence-electron chi connectivity index (χ0n) is 14.7. The zero-order chi connectivity index (χ0) is 17.2. The Labute approximate surface area is 149 Å². The van der Waals surface area contributed by atoms with E-state index in [1.807, 2.05) is 0 Å². The van der Waals surface area contributed by atoms with Crippen LogP contribution in [0.4, 0.5) is 0 Å². The summed E-state index contributed by atoms with van der Waals surface area (Å²) in [5, 5.41) is 7.09. The molecule has 0 spiro atoms. The van der Waals surface area contributed by atoms with Gasteiger partial charge >= 0.3 is 0 Å². The molecular weight excluding hydrogens is 308 g/mol. The van der Waals surface area contributed by atoms with Crippen molar-refractivity contribution in [2.45, 2.75) is 25.3 Å². The Hall–Kier alpha value is -2.55. The van der Waals surface area contributed by atoms with Crippen LogP contribution in [0.1, 0.15) is 35.6 Å². The molecule has 0 saturated heterocycles. The number of hydrazone groups is 1. The molecule has 1 aliphatic carbocycles. The smallest absolute Gasteiger partial charge is 0.119 e. The first-order valence-electron chi connectivity index (χ1n) is 9.01. The summed E-state index contributed by atoms with van der Waals surface area (Å²) in [5.41, 5.74) is 5.33. The molecule has 2 atom stereocenters. The molecular formula is C22H24N2O. The van der Waals surface area contributed by atoms with E-state index < -0.39 is 0 Å². The molecule has 1 heterocycles. The van der Waals surface area contributed by atoms with E-state index in [9.17, 15) is 0 Å². The lowest BCUT2D eigenvalue weighted by Crippen LogP contribution is -2.23. The summed E-state index contributed by atoms with van der Waals surface area (Å²) in [6.45, 7) is 4.23. The molecule has 0 bridgehead atoms. The predicted octanol–water partition coefficient (Wildman–Crippen LogP) is 4.59. The van der Waals surface area contributed by atoms with E-state index in [1.54, 1.807) is 6.08 Å². The van der Waals surface area contributed by atoms with E-state index in [0.717, 1.165) is 12.2 Å². The van der Waals surface area contributed by atoms with E-state index >= 15 is 0 Å². The number of hydrogen-bond acceptors (Lipinski definition) is 3. The standard InChI is InChI=1S/C22H24N2O/c1-3-15-25-18-13-11-17(12-14-18)22-20-10-6-8-16-7-4-5-9-19(16)21(20)23-24(22)2/h3-5,7,9,11-14,20,22H,1,6,8,10,15H2,2H3/t20-,22-/m0/s1. The third-order valence-corrected chi connectivity index (χ3v) is 5.24. The topological polar surface area (TPSA) is 24.8 Å². The van der Waals surface area contributed by atoms with Crippen molar-refractivity contribution in [2.24, 2.45) is 11.0 Å². The van der Waals surface area contributed by atoms with E-state index in [2.05, 4.69) is 67.2 Å². The second kappa shape index (κ2) is 6.75. The molecule has 3 nitrogen and oxygen atoms in total. The monoisotopic (exact) mass is 332 g/mol. The van der Waals surface area contributed by atoms with Crippen LogP contribution < -0.4 is 4.74 Å². The number of benzene rings is 2. The summed E-state index contributed by atoms with van der Waals surface area (Å²) >= 11 is 0. The summed E-state index contributed by atoms with van der Waals surface area (Å²) in [4.78, 5) is 0. The van der Waals surface area contributed by atoms with Crippen LogP contribution in [-0.2, 0) is 6.42 Å². The highest BCUT2D eigenvalue weighted by atomic mass is 16.5. The molecule has 25 heavy (non-hydrogen) atoms. The average molecular weight is 332 g/mol. The van der Waals surface area contributed by atoms with Gasteiger partial charge in [-0.2, -0.15) is 5.10 Å². The van der Waals surface area contributed by atoms with Crippen LogP contribution in [0.3, 0.4) is 0 Å². The van der Waals surface area contributed by atoms with Crippen molar-refractivity contribution >= 4 is 5.71 Å². The maximum Gasteiger partial charge on any atom is 0.119 e. The highest BCUT2D eigenvalue weighted by Gasteiger charge is 2.38. The molecule has 2 aromatic rings. The van der Waals surface area contributed by atoms with Gasteiger partial charge in [0.05, 0.1) is 11.8 Å². The molecule has 0 unspecified atom stereocenters. The van der Waals surface area contributed by atoms with Crippen molar-refractivity contribution in [1.29, 1.82) is 0 Å². The number of nitrogens with zero attached hydrogens (tertiary/aromatic N) is 2. The molecule has 128 valence electrons. The minimum absolute atomic E-state index is 0.301. The van der Waals surface area contributed by atoms with Crippen LogP contribution in [-0.4, -0.2) is 24.4 Å². The highest BCUT2D eigenvalue weighted by Crippen LogP contribution is 2.41. The molecule has 0 saturated carbocycles. The minimum atomic E-state index is 0.301. The first kappa shape index (κ1) is 15.9. The van der Waals surface area contributed by atoms with Crippen molar-refractivity contribution in [3.05, 3.63) is 77.9 Å². The Morgan fingerprint density at radius 3 is 2.80 bits per heavy atom. The van der Waals surface area contributed by atoms with Crippen LogP contribution in [0.2, 0.25) is 0 Å². The number of aryl methyl sites for hydroxylation is 1. The fourth-order valence-electron chi connectivity index (χ4n) is 4.13. The molecule has 0 aromatic heterocycles. The fraction of sp³-hybridized carbons (Fsp3) is 0.318. The largest absolute Gasteiger partial charge is 0.490 e. The van der Waals surface area contributed by atoms with Gasteiger partial charge in [0, 0.05) is 18.5 Å². The van der Waals surface area contributed by atoms with Gasteiger partial charge in [0.2, 0.25) is 0 Å². The minimum Gasteiger partial charge on any atom is -0.490 e. The first-order chi connectivity index (χ1) is 12.3. The molecule has 0 amide bonds. The van der Waals surface area contributed by atoms with E-state index in [1.165, 1.54) is 35.2 Å². The van der Waals surface area contributed by atoms with Gasteiger partial charge in [-0.3, -0.25) is 5.01 Å². The average Bonchev–Trinajstić information content (AvgIpc) is 2.86. The molecule has 3 heteroatoms. The molecule has 2 aromatic carbocycles. The molecule has 4 rings (SSSR count). The number of rotatable bonds is 4. The van der Waals surface area contributed by atoms with Crippen LogP contribution in [0.5, 0.6) is 5.75 Å². The van der Waals surface area contributed by atoms with Crippen molar-refractivity contribution in [3.8, 4) is 5.75 Å². The van der Waals surface area contributed by atoms with E-state index in [-0.39, 0.29) is 0 Å². The lowest BCUT2D eigenvalue weighted by atomic mass is 9.85. The van der Waals surface area contributed by atoms with Gasteiger partial charge in [-0.05, 0) is 42.5 Å². The van der Waals surface area contributed by atoms with Crippen molar-refractivity contribution in [2.75, 3.05) is 13.7 Å². The Kier molecular flexibility index (Phi) is 4.31. The summed E-state index contributed by atoms with van der Waals surface area (Å²) in [7, 11) is 2.09. The lowest BCUT2D eigenvalue weighted by molar-refractivity contribution is 0.242. The van der Waals surface area contributed by atoms with E-state index in [4.69, 9.17) is 9.84 Å². The third kappa shape index (κ3) is 2.95. The second-order valence-corrected chi connectivity index (χ2v) is 6.83. The number of ether oxygens (including phenoxy) is 1. The Morgan fingerprint density at radius 1 is 1.20 bits per heavy atom. The van der Waals surface area contributed by atoms with Gasteiger partial charge in [-0.1, -0.05) is 49.1 Å². The lowest BCUT2D eigenvalue weighted by Gasteiger charge is -2.25. The number of hydrogen-bond donors (Lipinski definition) is 0. The van der Waals surface area contributed by atoms with Gasteiger partial charge in [0.1, 0.15) is 12.4 Å². The normalized spacial score (nSPS) is 21.8. The maximum atomic E-state index is 5.61. The molecule has 0 fully saturated rings. The Morgan fingerprint density at radius 2 is 2.00 bits per heavy atom. The van der Waals surface area contributed by atoms with Gasteiger partial charge in [-0.25, -0.2) is 0 Å². The summed E-state index contributed by atoms with van der Waals surface area (Å²) < 4.78 is 5.61. The SMILES string of the molecule is C=CCOc1ccc([C@H]2[C@H]3CCCc4ccccc4C3=NN2C)cc1. The van der Waals surface area contributed by atoms with Crippen LogP contribution in [0.15, 0.2) is 66.3 Å². The van der Waals surface area contributed by atoms with Gasteiger partial charge in [0.15, 0.2) is 0 Å². The third-order valence-electron chi connectivity index (χ3n) is 5.24. The second-order valence-electron chi connectivity index (χ2n) is 6.83. The summed E-state index contributed by atoms with van der Waals surface area (Å²) in [5.74, 6) is 1.34.